The second-order valence-electron chi connectivity index (χ2n) is 7.61. The second-order valence-corrected chi connectivity index (χ2v) is 9.75. The van der Waals surface area contributed by atoms with Gasteiger partial charge in [-0.3, -0.25) is 9.36 Å². The molecule has 1 saturated heterocycles. The summed E-state index contributed by atoms with van der Waals surface area (Å²) < 4.78 is 24.6. The maximum Gasteiger partial charge on any atom is 0.326 e. The number of amides is 1. The van der Waals surface area contributed by atoms with Gasteiger partial charge in [0.25, 0.3) is 5.91 Å². The van der Waals surface area contributed by atoms with Gasteiger partial charge in [0, 0.05) is 31.0 Å². The number of fused-ring (bicyclic) bond motifs is 1. The molecule has 1 aliphatic rings. The molecule has 2 aromatic carbocycles. The molecule has 1 aliphatic heterocycles. The summed E-state index contributed by atoms with van der Waals surface area (Å²) in [6.07, 6.45) is 2.61. The van der Waals surface area contributed by atoms with Crippen molar-refractivity contribution in [3.8, 4) is 0 Å². The Labute approximate surface area is 168 Å². The molecule has 2 heterocycles. The smallest absolute Gasteiger partial charge is 0.326 e. The van der Waals surface area contributed by atoms with Crippen LogP contribution in [-0.2, 0) is 15.6 Å². The number of H-pyrrole nitrogens is 1. The number of carbonyl (C=O) groups is 1. The number of aromatic nitrogens is 2. The molecule has 1 fully saturated rings. The second kappa shape index (κ2) is 7.51. The number of piperidine rings is 1. The average Bonchev–Trinajstić information content (AvgIpc) is 3.02. The van der Waals surface area contributed by atoms with Crippen molar-refractivity contribution in [1.29, 1.82) is 0 Å². The van der Waals surface area contributed by atoms with Gasteiger partial charge in [-0.15, -0.1) is 0 Å². The zero-order chi connectivity index (χ0) is 20.6. The molecule has 1 N–H and O–H groups in total. The van der Waals surface area contributed by atoms with E-state index >= 15 is 0 Å². The Bertz CT molecular complexity index is 1200. The van der Waals surface area contributed by atoms with Gasteiger partial charge in [-0.2, -0.15) is 0 Å². The van der Waals surface area contributed by atoms with Crippen LogP contribution in [0.25, 0.3) is 11.0 Å². The van der Waals surface area contributed by atoms with Crippen LogP contribution in [0.1, 0.15) is 34.8 Å². The molecule has 0 atom stereocenters. The van der Waals surface area contributed by atoms with Crippen LogP contribution < -0.4 is 5.69 Å². The Kier molecular flexibility index (Phi) is 5.04. The van der Waals surface area contributed by atoms with E-state index in [0.717, 1.165) is 11.0 Å². The number of para-hydroxylation sites is 2. The van der Waals surface area contributed by atoms with Crippen molar-refractivity contribution in [3.63, 3.8) is 0 Å². The van der Waals surface area contributed by atoms with E-state index in [2.05, 4.69) is 4.98 Å². The third-order valence-corrected chi connectivity index (χ3v) is 6.23. The van der Waals surface area contributed by atoms with E-state index < -0.39 is 9.84 Å². The van der Waals surface area contributed by atoms with E-state index in [1.807, 2.05) is 24.3 Å². The molecule has 3 aromatic rings. The topological polar surface area (TPSA) is 92.2 Å². The van der Waals surface area contributed by atoms with Crippen molar-refractivity contribution in [3.05, 3.63) is 70.1 Å². The van der Waals surface area contributed by atoms with Gasteiger partial charge in [0.05, 0.1) is 16.8 Å². The van der Waals surface area contributed by atoms with Crippen LogP contribution in [-0.4, -0.2) is 48.1 Å². The highest BCUT2D eigenvalue weighted by Crippen LogP contribution is 2.25. The number of nitrogens with one attached hydrogen (secondary N) is 1. The van der Waals surface area contributed by atoms with E-state index in [0.29, 0.717) is 37.1 Å². The zero-order valence-corrected chi connectivity index (χ0v) is 17.0. The van der Waals surface area contributed by atoms with Gasteiger partial charge >= 0.3 is 5.69 Å². The lowest BCUT2D eigenvalue weighted by atomic mass is 10.0. The van der Waals surface area contributed by atoms with Crippen molar-refractivity contribution in [1.82, 2.24) is 14.5 Å². The summed E-state index contributed by atoms with van der Waals surface area (Å²) in [5.74, 6) is -0.104. The first-order chi connectivity index (χ1) is 13.8. The molecule has 0 aliphatic carbocycles. The molecule has 1 amide bonds. The molecule has 0 saturated carbocycles. The lowest BCUT2D eigenvalue weighted by Gasteiger charge is -2.32. The van der Waals surface area contributed by atoms with Crippen molar-refractivity contribution in [2.24, 2.45) is 0 Å². The number of sulfone groups is 1. The molecule has 152 valence electrons. The van der Waals surface area contributed by atoms with E-state index in [1.165, 1.54) is 6.26 Å². The summed E-state index contributed by atoms with van der Waals surface area (Å²) >= 11 is 0. The first-order valence-electron chi connectivity index (χ1n) is 9.57. The summed E-state index contributed by atoms with van der Waals surface area (Å²) in [7, 11) is -3.10. The molecule has 7 nitrogen and oxygen atoms in total. The van der Waals surface area contributed by atoms with Crippen molar-refractivity contribution < 1.29 is 13.2 Å². The molecule has 4 rings (SSSR count). The summed E-state index contributed by atoms with van der Waals surface area (Å²) in [5, 5.41) is 0. The SMILES string of the molecule is CS(=O)(=O)Cc1ccc(C(=O)N2CCC(n3c(=O)[nH]c4ccccc43)CC2)cc1. The first kappa shape index (κ1) is 19.4. The number of aromatic amines is 1. The molecular formula is C21H23N3O4S. The number of benzene rings is 2. The molecule has 0 radical (unpaired) electrons. The highest BCUT2D eigenvalue weighted by atomic mass is 32.2. The number of hydrogen-bond acceptors (Lipinski definition) is 4. The largest absolute Gasteiger partial charge is 0.338 e. The Hall–Kier alpha value is -2.87. The van der Waals surface area contributed by atoms with Crippen LogP contribution in [0.5, 0.6) is 0 Å². The van der Waals surface area contributed by atoms with E-state index in [9.17, 15) is 18.0 Å². The van der Waals surface area contributed by atoms with Gasteiger partial charge in [-0.05, 0) is 42.7 Å². The van der Waals surface area contributed by atoms with Gasteiger partial charge in [-0.25, -0.2) is 13.2 Å². The number of hydrogen-bond donors (Lipinski definition) is 1. The Morgan fingerprint density at radius 1 is 1.07 bits per heavy atom. The predicted octanol–water partition coefficient (Wildman–Crippen LogP) is 2.35. The van der Waals surface area contributed by atoms with Gasteiger partial charge in [0.15, 0.2) is 9.84 Å². The fourth-order valence-electron chi connectivity index (χ4n) is 3.99. The maximum atomic E-state index is 12.8. The summed E-state index contributed by atoms with van der Waals surface area (Å²) in [5.41, 5.74) is 2.82. The van der Waals surface area contributed by atoms with Gasteiger partial charge < -0.3 is 9.88 Å². The van der Waals surface area contributed by atoms with Crippen LogP contribution in [0.4, 0.5) is 0 Å². The van der Waals surface area contributed by atoms with Crippen LogP contribution in [0.2, 0.25) is 0 Å². The number of nitrogens with zero attached hydrogens (tertiary/aromatic N) is 2. The van der Waals surface area contributed by atoms with E-state index in [-0.39, 0.29) is 23.4 Å². The number of rotatable bonds is 4. The minimum absolute atomic E-state index is 0.0355. The van der Waals surface area contributed by atoms with E-state index in [4.69, 9.17) is 0 Å². The quantitative estimate of drug-likeness (QED) is 0.711. The Morgan fingerprint density at radius 2 is 1.72 bits per heavy atom. The third kappa shape index (κ3) is 4.12. The Balaban J connectivity index is 1.45. The standard InChI is InChI=1S/C21H23N3O4S/c1-29(27,28)14-15-6-8-16(9-7-15)20(25)23-12-10-17(11-13-23)24-19-5-3-2-4-18(19)22-21(24)26/h2-9,17H,10-14H2,1H3,(H,22,26). The number of imidazole rings is 1. The number of likely N-dealkylation sites (tertiary alicyclic amines) is 1. The monoisotopic (exact) mass is 413 g/mol. The zero-order valence-electron chi connectivity index (χ0n) is 16.2. The Morgan fingerprint density at radius 3 is 2.38 bits per heavy atom. The maximum absolute atomic E-state index is 12.8. The average molecular weight is 413 g/mol. The first-order valence-corrected chi connectivity index (χ1v) is 11.6. The van der Waals surface area contributed by atoms with Crippen molar-refractivity contribution in [2.75, 3.05) is 19.3 Å². The highest BCUT2D eigenvalue weighted by molar-refractivity contribution is 7.89. The summed E-state index contributed by atoms with van der Waals surface area (Å²) in [6.45, 7) is 1.14. The van der Waals surface area contributed by atoms with Crippen molar-refractivity contribution >= 4 is 26.8 Å². The van der Waals surface area contributed by atoms with E-state index in [1.54, 1.807) is 33.7 Å². The minimum Gasteiger partial charge on any atom is -0.338 e. The predicted molar refractivity (Wildman–Crippen MR) is 112 cm³/mol. The highest BCUT2D eigenvalue weighted by Gasteiger charge is 2.26. The molecule has 0 bridgehead atoms. The normalized spacial score (nSPS) is 15.7. The molecule has 1 aromatic heterocycles. The lowest BCUT2D eigenvalue weighted by Crippen LogP contribution is -2.40. The minimum atomic E-state index is -3.10. The van der Waals surface area contributed by atoms with Crippen LogP contribution in [0.15, 0.2) is 53.3 Å². The molecule has 29 heavy (non-hydrogen) atoms. The fourth-order valence-corrected chi connectivity index (χ4v) is 4.79. The van der Waals surface area contributed by atoms with Crippen LogP contribution in [0.3, 0.4) is 0 Å². The van der Waals surface area contributed by atoms with Crippen LogP contribution >= 0.6 is 0 Å². The van der Waals surface area contributed by atoms with Crippen molar-refractivity contribution in [2.45, 2.75) is 24.6 Å². The van der Waals surface area contributed by atoms with Gasteiger partial charge in [0.2, 0.25) is 0 Å². The van der Waals surface area contributed by atoms with Crippen LogP contribution in [0, 0.1) is 0 Å². The molecular weight excluding hydrogens is 390 g/mol. The van der Waals surface area contributed by atoms with Gasteiger partial charge in [-0.1, -0.05) is 24.3 Å². The summed E-state index contributed by atoms with van der Waals surface area (Å²) in [6, 6.07) is 14.4. The fraction of sp³-hybridized carbons (Fsp3) is 0.333. The van der Waals surface area contributed by atoms with Gasteiger partial charge in [0.1, 0.15) is 0 Å². The molecule has 8 heteroatoms. The lowest BCUT2D eigenvalue weighted by molar-refractivity contribution is 0.0695. The molecule has 0 spiro atoms. The summed E-state index contributed by atoms with van der Waals surface area (Å²) in [4.78, 5) is 29.9. The number of carbonyl (C=O) groups excluding carboxylic acids is 1. The third-order valence-electron chi connectivity index (χ3n) is 5.37. The molecule has 0 unspecified atom stereocenters.